The molecule has 3 aromatic heterocycles. The number of aromatic nitrogens is 5. The molecule has 11 heteroatoms. The fraction of sp³-hybridized carbons (Fsp3) is 0.391. The Labute approximate surface area is 193 Å². The summed E-state index contributed by atoms with van der Waals surface area (Å²) in [6.07, 6.45) is 1.83. The summed E-state index contributed by atoms with van der Waals surface area (Å²) >= 11 is 0. The van der Waals surface area contributed by atoms with Crippen LogP contribution in [0.4, 0.5) is 18.9 Å². The maximum absolute atomic E-state index is 13.6. The van der Waals surface area contributed by atoms with Gasteiger partial charge < -0.3 is 4.74 Å². The second-order valence-electron chi connectivity index (χ2n) is 8.16. The molecule has 4 rings (SSSR count). The molecule has 0 radical (unpaired) electrons. The summed E-state index contributed by atoms with van der Waals surface area (Å²) in [4.78, 5) is 25.4. The van der Waals surface area contributed by atoms with E-state index in [9.17, 15) is 18.0 Å². The smallest absolute Gasteiger partial charge is 0.378 e. The van der Waals surface area contributed by atoms with Gasteiger partial charge in [-0.3, -0.25) is 9.78 Å². The van der Waals surface area contributed by atoms with Gasteiger partial charge in [0.1, 0.15) is 11.3 Å². The Kier molecular flexibility index (Phi) is 6.43. The van der Waals surface area contributed by atoms with Crippen molar-refractivity contribution in [1.82, 2.24) is 25.0 Å². The van der Waals surface area contributed by atoms with E-state index >= 15 is 0 Å². The minimum absolute atomic E-state index is 0.0818. The van der Waals surface area contributed by atoms with Crippen molar-refractivity contribution in [2.45, 2.75) is 44.9 Å². The maximum atomic E-state index is 13.6. The summed E-state index contributed by atoms with van der Waals surface area (Å²) in [6.45, 7) is 9.32. The van der Waals surface area contributed by atoms with E-state index in [-0.39, 0.29) is 36.2 Å². The average Bonchev–Trinajstić information content (AvgIpc) is 3.47. The zero-order valence-electron chi connectivity index (χ0n) is 18.5. The van der Waals surface area contributed by atoms with Crippen LogP contribution in [0.2, 0.25) is 0 Å². The molecule has 1 atom stereocenters. The van der Waals surface area contributed by atoms with Crippen LogP contribution in [-0.4, -0.2) is 37.9 Å². The van der Waals surface area contributed by atoms with Crippen molar-refractivity contribution in [3.63, 3.8) is 0 Å². The molecule has 0 aliphatic heterocycles. The van der Waals surface area contributed by atoms with Crippen LogP contribution in [0.3, 0.4) is 0 Å². The van der Waals surface area contributed by atoms with E-state index in [0.717, 1.165) is 23.7 Å². The lowest BCUT2D eigenvalue weighted by molar-refractivity contribution is -0.138. The number of alkyl halides is 3. The lowest BCUT2D eigenvalue weighted by atomic mass is 9.93. The molecule has 0 N–H and O–H groups in total. The lowest BCUT2D eigenvalue weighted by Gasteiger charge is -2.21. The molecule has 1 fully saturated rings. The lowest BCUT2D eigenvalue weighted by Crippen LogP contribution is -2.17. The third-order valence-electron chi connectivity index (χ3n) is 5.68. The summed E-state index contributed by atoms with van der Waals surface area (Å²) in [5, 5.41) is 7.43. The Morgan fingerprint density at radius 2 is 1.94 bits per heavy atom. The number of nitrogens with zero attached hydrogens (tertiary/aromatic N) is 6. The number of Topliss-reactive ketones (excluding diaryl/α,β-unsaturated/α-hetero) is 1. The van der Waals surface area contributed by atoms with Crippen LogP contribution >= 0.6 is 0 Å². The zero-order valence-corrected chi connectivity index (χ0v) is 18.5. The second-order valence-corrected chi connectivity index (χ2v) is 8.16. The quantitative estimate of drug-likeness (QED) is 0.454. The first-order valence-corrected chi connectivity index (χ1v) is 10.6. The molecular weight excluding hydrogens is 449 g/mol. The van der Waals surface area contributed by atoms with Crippen molar-refractivity contribution in [3.8, 4) is 5.82 Å². The number of halogens is 3. The molecule has 1 aliphatic carbocycles. The number of carbonyl (C=O) groups excluding carboxylic acids is 1. The monoisotopic (exact) mass is 470 g/mol. The largest absolute Gasteiger partial charge is 0.420 e. The predicted molar refractivity (Wildman–Crippen MR) is 114 cm³/mol. The third-order valence-corrected chi connectivity index (χ3v) is 5.68. The summed E-state index contributed by atoms with van der Waals surface area (Å²) in [6, 6.07) is 0.893. The number of hydrogen-bond donors (Lipinski definition) is 0. The minimum Gasteiger partial charge on any atom is -0.378 e. The Hall–Kier alpha value is -3.65. The van der Waals surface area contributed by atoms with Crippen LogP contribution < -0.4 is 0 Å². The van der Waals surface area contributed by atoms with Crippen molar-refractivity contribution in [3.05, 3.63) is 70.2 Å². The van der Waals surface area contributed by atoms with Gasteiger partial charge in [0.05, 0.1) is 25.1 Å². The first kappa shape index (κ1) is 23.5. The highest BCUT2D eigenvalue weighted by Gasteiger charge is 2.37. The first-order chi connectivity index (χ1) is 16.2. The molecule has 3 aromatic rings. The summed E-state index contributed by atoms with van der Waals surface area (Å²) in [5.41, 5.74) is 1.20. The van der Waals surface area contributed by atoms with E-state index in [1.165, 1.54) is 18.6 Å². The highest BCUT2D eigenvalue weighted by molar-refractivity contribution is 5.84. The molecule has 0 spiro atoms. The number of aryl methyl sites for hydroxylation is 1. The molecular formula is C23H21F3N6O2. The Morgan fingerprint density at radius 3 is 2.53 bits per heavy atom. The number of pyridine rings is 2. The van der Waals surface area contributed by atoms with Crippen molar-refractivity contribution < 1.29 is 22.7 Å². The highest BCUT2D eigenvalue weighted by Crippen LogP contribution is 2.47. The van der Waals surface area contributed by atoms with Crippen molar-refractivity contribution in [1.29, 1.82) is 0 Å². The maximum Gasteiger partial charge on any atom is 0.420 e. The van der Waals surface area contributed by atoms with Crippen molar-refractivity contribution >= 4 is 11.5 Å². The Balaban J connectivity index is 1.62. The van der Waals surface area contributed by atoms with Gasteiger partial charge in [0.2, 0.25) is 5.69 Å². The third kappa shape index (κ3) is 4.82. The minimum atomic E-state index is -4.70. The van der Waals surface area contributed by atoms with E-state index in [1.54, 1.807) is 20.2 Å². The van der Waals surface area contributed by atoms with Crippen LogP contribution in [0.15, 0.2) is 30.9 Å². The number of methoxy groups -OCH3 is 1. The van der Waals surface area contributed by atoms with Crippen LogP contribution in [0.5, 0.6) is 0 Å². The number of rotatable bonds is 8. The topological polar surface area (TPSA) is 87.2 Å². The number of ketones is 1. The molecule has 1 aliphatic rings. The molecule has 0 amide bonds. The zero-order chi connectivity index (χ0) is 24.5. The number of carbonyl (C=O) groups is 1. The van der Waals surface area contributed by atoms with Gasteiger partial charge in [-0.25, -0.2) is 9.83 Å². The van der Waals surface area contributed by atoms with E-state index < -0.39 is 17.6 Å². The van der Waals surface area contributed by atoms with Gasteiger partial charge in [-0.1, -0.05) is 0 Å². The van der Waals surface area contributed by atoms with Crippen molar-refractivity contribution in [2.24, 2.45) is 5.92 Å². The average molecular weight is 470 g/mol. The van der Waals surface area contributed by atoms with E-state index in [1.807, 2.05) is 0 Å². The number of hydrogen-bond acceptors (Lipinski definition) is 6. The molecule has 3 heterocycles. The molecule has 176 valence electrons. The summed E-state index contributed by atoms with van der Waals surface area (Å²) in [5.74, 6) is -0.524. The van der Waals surface area contributed by atoms with Gasteiger partial charge in [0.25, 0.3) is 0 Å². The van der Waals surface area contributed by atoms with Gasteiger partial charge in [0, 0.05) is 38.0 Å². The highest BCUT2D eigenvalue weighted by atomic mass is 19.4. The number of ether oxygens (including phenoxy) is 1. The predicted octanol–water partition coefficient (Wildman–Crippen LogP) is 4.39. The molecule has 1 saturated carbocycles. The van der Waals surface area contributed by atoms with Crippen LogP contribution in [-0.2, 0) is 28.5 Å². The molecule has 1 unspecified atom stereocenters. The fourth-order valence-electron chi connectivity index (χ4n) is 3.99. The summed E-state index contributed by atoms with van der Waals surface area (Å²) < 4.78 is 46.6. The molecule has 0 saturated heterocycles. The Bertz CT molecular complexity index is 1250. The second kappa shape index (κ2) is 9.30. The van der Waals surface area contributed by atoms with Crippen LogP contribution in [0.1, 0.15) is 46.9 Å². The molecule has 0 aromatic carbocycles. The SMILES string of the molecule is [C-]#[N+]c1c(C)ncc(CC(=O)Cc2cnc(-n3nccn3)c(C(F)(F)F)c2)c1C(OC)C1CC1. The molecule has 34 heavy (non-hydrogen) atoms. The van der Waals surface area contributed by atoms with Gasteiger partial charge in [-0.05, 0) is 48.4 Å². The molecule has 0 bridgehead atoms. The van der Waals surface area contributed by atoms with Crippen LogP contribution in [0, 0.1) is 19.4 Å². The van der Waals surface area contributed by atoms with Gasteiger partial charge in [-0.2, -0.15) is 23.4 Å². The van der Waals surface area contributed by atoms with E-state index in [0.29, 0.717) is 22.5 Å². The van der Waals surface area contributed by atoms with E-state index in [4.69, 9.17) is 11.3 Å². The van der Waals surface area contributed by atoms with Crippen LogP contribution in [0.25, 0.3) is 10.7 Å². The normalized spacial score (nSPS) is 14.6. The standard InChI is InChI=1S/C23H21F3N6O2/c1-13-20(27-2)19(21(34-3)15-4-5-15)16(12-28-13)10-17(33)8-14-9-18(23(24,25)26)22(29-11-14)32-30-6-7-31-32/h6-7,9,11-12,15,21H,4-5,8,10H2,1,3H3. The molecule has 8 nitrogen and oxygen atoms in total. The van der Waals surface area contributed by atoms with Gasteiger partial charge in [0.15, 0.2) is 5.82 Å². The van der Waals surface area contributed by atoms with Crippen molar-refractivity contribution in [2.75, 3.05) is 7.11 Å². The Morgan fingerprint density at radius 1 is 1.24 bits per heavy atom. The van der Waals surface area contributed by atoms with E-state index in [2.05, 4.69) is 25.0 Å². The fourth-order valence-corrected chi connectivity index (χ4v) is 3.99. The summed E-state index contributed by atoms with van der Waals surface area (Å²) in [7, 11) is 1.57. The first-order valence-electron chi connectivity index (χ1n) is 10.6. The van der Waals surface area contributed by atoms with Gasteiger partial charge in [-0.15, -0.1) is 4.80 Å². The van der Waals surface area contributed by atoms with Gasteiger partial charge >= 0.3 is 6.18 Å².